The molecule has 1 atom stereocenters. The van der Waals surface area contributed by atoms with Gasteiger partial charge in [0.25, 0.3) is 5.56 Å². The third-order valence-corrected chi connectivity index (χ3v) is 6.99. The minimum atomic E-state index is -4.73. The minimum absolute atomic E-state index is 0.0482. The van der Waals surface area contributed by atoms with Crippen LogP contribution in [-0.2, 0) is 24.0 Å². The van der Waals surface area contributed by atoms with Crippen molar-refractivity contribution >= 4 is 34.3 Å². The number of rotatable bonds is 3. The average Bonchev–Trinajstić information content (AvgIpc) is 3.12. The van der Waals surface area contributed by atoms with Gasteiger partial charge in [-0.15, -0.1) is 0 Å². The molecule has 37 heavy (non-hydrogen) atoms. The lowest BCUT2D eigenvalue weighted by atomic mass is 9.99. The summed E-state index contributed by atoms with van der Waals surface area (Å²) in [5, 5.41) is -0.0731. The number of halogens is 7. The molecule has 2 aliphatic rings. The molecule has 1 unspecified atom stereocenters. The molecule has 2 aromatic heterocycles. The lowest BCUT2D eigenvalue weighted by Crippen LogP contribution is -2.55. The first kappa shape index (κ1) is 25.6. The summed E-state index contributed by atoms with van der Waals surface area (Å²) < 4.78 is 88.7. The van der Waals surface area contributed by atoms with Gasteiger partial charge in [0, 0.05) is 31.1 Å². The fourth-order valence-electron chi connectivity index (χ4n) is 4.55. The second kappa shape index (κ2) is 8.76. The topological polar surface area (TPSA) is 63.5 Å². The smallest absolute Gasteiger partial charge is 0.378 e. The Hall–Kier alpha value is -3.06. The maximum Gasteiger partial charge on any atom is 0.433 e. The van der Waals surface area contributed by atoms with Gasteiger partial charge in [-0.3, -0.25) is 9.36 Å². The highest BCUT2D eigenvalue weighted by Gasteiger charge is 2.60. The van der Waals surface area contributed by atoms with Gasteiger partial charge in [-0.05, 0) is 30.7 Å². The molecule has 7 nitrogen and oxygen atoms in total. The van der Waals surface area contributed by atoms with E-state index in [-0.39, 0.29) is 34.2 Å². The van der Waals surface area contributed by atoms with Crippen molar-refractivity contribution in [1.82, 2.24) is 14.5 Å². The number of benzene rings is 1. The van der Waals surface area contributed by atoms with E-state index in [1.807, 2.05) is 0 Å². The number of pyridine rings is 1. The second-order valence-corrected chi connectivity index (χ2v) is 9.54. The lowest BCUT2D eigenvalue weighted by molar-refractivity contribution is -0.182. The molecule has 1 aromatic carbocycles. The van der Waals surface area contributed by atoms with Crippen molar-refractivity contribution in [3.05, 3.63) is 57.0 Å². The van der Waals surface area contributed by atoms with Gasteiger partial charge in [-0.1, -0.05) is 17.7 Å². The number of fused-ring (bicyclic) bond motifs is 2. The fourth-order valence-corrected chi connectivity index (χ4v) is 4.81. The number of nitrogens with zero attached hydrogens (tertiary/aromatic N) is 5. The monoisotopic (exact) mass is 547 g/mol. The zero-order valence-corrected chi connectivity index (χ0v) is 20.1. The van der Waals surface area contributed by atoms with Crippen LogP contribution >= 0.6 is 11.6 Å². The van der Waals surface area contributed by atoms with E-state index >= 15 is 0 Å². The molecule has 0 radical (unpaired) electrons. The van der Waals surface area contributed by atoms with E-state index in [2.05, 4.69) is 9.97 Å². The van der Waals surface area contributed by atoms with E-state index in [0.29, 0.717) is 37.9 Å². The molecule has 0 N–H and O–H groups in total. The van der Waals surface area contributed by atoms with E-state index in [1.54, 1.807) is 4.90 Å². The van der Waals surface area contributed by atoms with Crippen LogP contribution in [0, 0.1) is 0 Å². The average molecular weight is 548 g/mol. The normalized spacial score (nSPS) is 20.5. The van der Waals surface area contributed by atoms with Gasteiger partial charge in [0.05, 0.1) is 30.3 Å². The molecule has 1 fully saturated rings. The first-order valence-corrected chi connectivity index (χ1v) is 11.6. The van der Waals surface area contributed by atoms with Gasteiger partial charge in [-0.25, -0.2) is 4.98 Å². The van der Waals surface area contributed by atoms with Crippen LogP contribution in [-0.4, -0.2) is 52.6 Å². The van der Waals surface area contributed by atoms with E-state index in [9.17, 15) is 31.1 Å². The highest BCUT2D eigenvalue weighted by molar-refractivity contribution is 6.35. The van der Waals surface area contributed by atoms with Crippen molar-refractivity contribution in [3.8, 4) is 0 Å². The maximum atomic E-state index is 14.4. The summed E-state index contributed by atoms with van der Waals surface area (Å²) in [7, 11) is 0. The van der Waals surface area contributed by atoms with Crippen molar-refractivity contribution < 1.29 is 31.1 Å². The number of morpholine rings is 1. The summed E-state index contributed by atoms with van der Waals surface area (Å²) in [6.45, 7) is 1.65. The number of ether oxygens (including phenoxy) is 1. The molecule has 5 rings (SSSR count). The van der Waals surface area contributed by atoms with Crippen LogP contribution < -0.4 is 15.4 Å². The number of anilines is 2. The first-order valence-electron chi connectivity index (χ1n) is 11.2. The van der Waals surface area contributed by atoms with Gasteiger partial charge in [0.15, 0.2) is 5.54 Å². The van der Waals surface area contributed by atoms with E-state index in [1.165, 1.54) is 24.3 Å². The molecule has 1 saturated heterocycles. The van der Waals surface area contributed by atoms with Crippen LogP contribution in [0.3, 0.4) is 0 Å². The second-order valence-electron chi connectivity index (χ2n) is 9.13. The number of hydrogen-bond acceptors (Lipinski definition) is 6. The molecule has 4 heterocycles. The largest absolute Gasteiger partial charge is 0.433 e. The van der Waals surface area contributed by atoms with Gasteiger partial charge in [0.1, 0.15) is 11.5 Å². The maximum absolute atomic E-state index is 14.4. The Morgan fingerprint density at radius 3 is 2.41 bits per heavy atom. The number of hydrogen-bond donors (Lipinski definition) is 0. The highest BCUT2D eigenvalue weighted by Crippen LogP contribution is 2.44. The Morgan fingerprint density at radius 2 is 1.76 bits per heavy atom. The van der Waals surface area contributed by atoms with E-state index in [4.69, 9.17) is 16.3 Å². The molecule has 0 spiro atoms. The predicted octanol–water partition coefficient (Wildman–Crippen LogP) is 4.64. The van der Waals surface area contributed by atoms with Crippen molar-refractivity contribution in [2.24, 2.45) is 0 Å². The first-order chi connectivity index (χ1) is 17.3. The summed E-state index contributed by atoms with van der Waals surface area (Å²) in [5.74, 6) is 0.104. The molecule has 0 aliphatic carbocycles. The number of aromatic nitrogens is 3. The summed E-state index contributed by atoms with van der Waals surface area (Å²) >= 11 is 6.09. The van der Waals surface area contributed by atoms with Crippen molar-refractivity contribution in [2.75, 3.05) is 36.1 Å². The van der Waals surface area contributed by atoms with Gasteiger partial charge >= 0.3 is 12.4 Å². The standard InChI is InChI=1S/C23H20ClF6N5O2/c1-21(23(28,29)30)12-34-19(36)10-18(33-4-6-37-7-5-33)32-20(34)35(21)11-13-2-3-16-14(8-13)15(24)9-17(31-16)22(25,26)27/h2-3,8-10H,4-7,11-12H2,1H3. The quantitative estimate of drug-likeness (QED) is 0.445. The Labute approximate surface area is 211 Å². The van der Waals surface area contributed by atoms with Crippen LogP contribution in [0.25, 0.3) is 10.9 Å². The molecule has 2 aliphatic heterocycles. The summed E-state index contributed by atoms with van der Waals surface area (Å²) in [5.41, 5.74) is -3.98. The van der Waals surface area contributed by atoms with E-state index in [0.717, 1.165) is 16.4 Å². The SMILES string of the molecule is CC1(C(F)(F)F)Cn2c(nc(N3CCOCC3)cc2=O)N1Cc1ccc2nc(C(F)(F)F)cc(Cl)c2c1. The number of alkyl halides is 6. The Morgan fingerprint density at radius 1 is 1.05 bits per heavy atom. The Kier molecular flexibility index (Phi) is 6.06. The third kappa shape index (κ3) is 4.48. The van der Waals surface area contributed by atoms with Crippen LogP contribution in [0.2, 0.25) is 5.02 Å². The Balaban J connectivity index is 1.58. The van der Waals surface area contributed by atoms with Crippen LogP contribution in [0.4, 0.5) is 38.1 Å². The van der Waals surface area contributed by atoms with Gasteiger partial charge in [-0.2, -0.15) is 31.3 Å². The molecule has 0 amide bonds. The Bertz CT molecular complexity index is 1420. The summed E-state index contributed by atoms with van der Waals surface area (Å²) in [6, 6.07) is 5.95. The molecule has 198 valence electrons. The van der Waals surface area contributed by atoms with Crippen LogP contribution in [0.15, 0.2) is 35.1 Å². The van der Waals surface area contributed by atoms with Crippen molar-refractivity contribution in [1.29, 1.82) is 0 Å². The summed E-state index contributed by atoms with van der Waals surface area (Å²) in [6.07, 6.45) is -9.44. The zero-order chi connectivity index (χ0) is 26.8. The molecule has 14 heteroatoms. The molecule has 0 bridgehead atoms. The molecule has 3 aromatic rings. The lowest BCUT2D eigenvalue weighted by Gasteiger charge is -2.37. The third-order valence-electron chi connectivity index (χ3n) is 6.68. The molecule has 0 saturated carbocycles. The fraction of sp³-hybridized carbons (Fsp3) is 0.435. The van der Waals surface area contributed by atoms with Gasteiger partial charge < -0.3 is 14.5 Å². The minimum Gasteiger partial charge on any atom is -0.378 e. The summed E-state index contributed by atoms with van der Waals surface area (Å²) in [4.78, 5) is 23.7. The predicted molar refractivity (Wildman–Crippen MR) is 124 cm³/mol. The zero-order valence-electron chi connectivity index (χ0n) is 19.3. The van der Waals surface area contributed by atoms with Crippen molar-refractivity contribution in [3.63, 3.8) is 0 Å². The van der Waals surface area contributed by atoms with Crippen LogP contribution in [0.1, 0.15) is 18.2 Å². The molecular weight excluding hydrogens is 528 g/mol. The van der Waals surface area contributed by atoms with Crippen molar-refractivity contribution in [2.45, 2.75) is 37.9 Å². The van der Waals surface area contributed by atoms with Gasteiger partial charge in [0.2, 0.25) is 5.95 Å². The van der Waals surface area contributed by atoms with Crippen LogP contribution in [0.5, 0.6) is 0 Å². The highest BCUT2D eigenvalue weighted by atomic mass is 35.5. The molecular formula is C23H20ClF6N5O2. The van der Waals surface area contributed by atoms with E-state index < -0.39 is 35.7 Å².